The predicted octanol–water partition coefficient (Wildman–Crippen LogP) is 4.58. The van der Waals surface area contributed by atoms with Gasteiger partial charge in [0.25, 0.3) is 0 Å². The van der Waals surface area contributed by atoms with Crippen LogP contribution in [0.1, 0.15) is 50.8 Å². The zero-order chi connectivity index (χ0) is 12.6. The SMILES string of the molecule is Cc1cccc(Cl)c1C1CCCN1C(C)(C)C. The van der Waals surface area contributed by atoms with Gasteiger partial charge in [0.15, 0.2) is 0 Å². The summed E-state index contributed by atoms with van der Waals surface area (Å²) in [6, 6.07) is 6.71. The van der Waals surface area contributed by atoms with Gasteiger partial charge in [-0.3, -0.25) is 4.90 Å². The Morgan fingerprint density at radius 1 is 1.29 bits per heavy atom. The van der Waals surface area contributed by atoms with Crippen molar-refractivity contribution >= 4 is 11.6 Å². The molecular weight excluding hydrogens is 230 g/mol. The second-order valence-electron chi connectivity index (χ2n) is 5.99. The summed E-state index contributed by atoms with van der Waals surface area (Å²) < 4.78 is 0. The minimum atomic E-state index is 0.215. The van der Waals surface area contributed by atoms with Crippen molar-refractivity contribution in [2.24, 2.45) is 0 Å². The van der Waals surface area contributed by atoms with E-state index in [9.17, 15) is 0 Å². The number of aryl methyl sites for hydroxylation is 1. The third kappa shape index (κ3) is 2.51. The van der Waals surface area contributed by atoms with Crippen LogP contribution < -0.4 is 0 Å². The molecule has 0 aliphatic carbocycles. The van der Waals surface area contributed by atoms with E-state index in [4.69, 9.17) is 11.6 Å². The molecule has 0 radical (unpaired) electrons. The molecule has 1 aromatic rings. The second kappa shape index (κ2) is 4.62. The first-order chi connectivity index (χ1) is 7.91. The molecule has 1 saturated heterocycles. The van der Waals surface area contributed by atoms with Crippen molar-refractivity contribution in [3.63, 3.8) is 0 Å². The molecule has 1 fully saturated rings. The molecule has 0 saturated carbocycles. The summed E-state index contributed by atoms with van der Waals surface area (Å²) in [5, 5.41) is 0.922. The van der Waals surface area contributed by atoms with E-state index in [0.717, 1.165) is 5.02 Å². The molecular formula is C15H22ClN. The number of nitrogens with zero attached hydrogens (tertiary/aromatic N) is 1. The van der Waals surface area contributed by atoms with Crippen LogP contribution in [-0.4, -0.2) is 17.0 Å². The summed E-state index contributed by atoms with van der Waals surface area (Å²) in [6.07, 6.45) is 2.49. The fraction of sp³-hybridized carbons (Fsp3) is 0.600. The second-order valence-corrected chi connectivity index (χ2v) is 6.40. The van der Waals surface area contributed by atoms with Crippen molar-refractivity contribution in [1.29, 1.82) is 0 Å². The zero-order valence-electron chi connectivity index (χ0n) is 11.3. The maximum absolute atomic E-state index is 6.40. The molecule has 1 aromatic carbocycles. The summed E-state index contributed by atoms with van der Waals surface area (Å²) >= 11 is 6.40. The highest BCUT2D eigenvalue weighted by molar-refractivity contribution is 6.31. The third-order valence-electron chi connectivity index (χ3n) is 3.72. The van der Waals surface area contributed by atoms with Crippen LogP contribution in [0.15, 0.2) is 18.2 Å². The van der Waals surface area contributed by atoms with Crippen LogP contribution in [0, 0.1) is 6.92 Å². The average Bonchev–Trinajstić information content (AvgIpc) is 2.65. The molecule has 0 aromatic heterocycles. The van der Waals surface area contributed by atoms with Crippen molar-refractivity contribution in [3.8, 4) is 0 Å². The Bertz CT molecular complexity index is 386. The predicted molar refractivity (Wildman–Crippen MR) is 74.6 cm³/mol. The normalized spacial score (nSPS) is 22.1. The van der Waals surface area contributed by atoms with Crippen LogP contribution in [0.3, 0.4) is 0 Å². The largest absolute Gasteiger partial charge is 0.291 e. The molecule has 2 rings (SSSR count). The van der Waals surface area contributed by atoms with Crippen LogP contribution in [0.5, 0.6) is 0 Å². The number of halogens is 1. The van der Waals surface area contributed by atoms with Crippen molar-refractivity contribution in [2.75, 3.05) is 6.54 Å². The Morgan fingerprint density at radius 3 is 2.59 bits per heavy atom. The summed E-state index contributed by atoms with van der Waals surface area (Å²) in [6.45, 7) is 10.2. The van der Waals surface area contributed by atoms with Gasteiger partial charge < -0.3 is 0 Å². The standard InChI is InChI=1S/C15H22ClN/c1-11-7-5-8-12(16)14(11)13-9-6-10-17(13)15(2,3)4/h5,7-8,13H,6,9-10H2,1-4H3. The third-order valence-corrected chi connectivity index (χ3v) is 4.05. The van der Waals surface area contributed by atoms with Gasteiger partial charge in [-0.15, -0.1) is 0 Å². The Hall–Kier alpha value is -0.530. The molecule has 0 spiro atoms. The maximum atomic E-state index is 6.40. The molecule has 1 unspecified atom stereocenters. The highest BCUT2D eigenvalue weighted by Crippen LogP contribution is 2.41. The summed E-state index contributed by atoms with van der Waals surface area (Å²) in [5.41, 5.74) is 2.87. The van der Waals surface area contributed by atoms with E-state index in [-0.39, 0.29) is 5.54 Å². The highest BCUT2D eigenvalue weighted by Gasteiger charge is 2.35. The average molecular weight is 252 g/mol. The zero-order valence-corrected chi connectivity index (χ0v) is 12.0. The lowest BCUT2D eigenvalue weighted by molar-refractivity contribution is 0.121. The number of benzene rings is 1. The summed E-state index contributed by atoms with van der Waals surface area (Å²) in [7, 11) is 0. The van der Waals surface area contributed by atoms with E-state index >= 15 is 0 Å². The van der Waals surface area contributed by atoms with E-state index in [2.05, 4.69) is 38.7 Å². The Labute approximate surface area is 110 Å². The number of rotatable bonds is 1. The fourth-order valence-electron chi connectivity index (χ4n) is 2.94. The van der Waals surface area contributed by atoms with Gasteiger partial charge in [0.1, 0.15) is 0 Å². The number of likely N-dealkylation sites (tertiary alicyclic amines) is 1. The van der Waals surface area contributed by atoms with E-state index in [1.54, 1.807) is 0 Å². The Balaban J connectivity index is 2.39. The molecule has 1 aliphatic heterocycles. The maximum Gasteiger partial charge on any atom is 0.0456 e. The summed E-state index contributed by atoms with van der Waals surface area (Å²) in [4.78, 5) is 2.58. The van der Waals surface area contributed by atoms with Gasteiger partial charge in [-0.05, 0) is 64.3 Å². The molecule has 0 bridgehead atoms. The molecule has 1 atom stereocenters. The minimum Gasteiger partial charge on any atom is -0.291 e. The van der Waals surface area contributed by atoms with Crippen molar-refractivity contribution in [3.05, 3.63) is 34.3 Å². The summed E-state index contributed by atoms with van der Waals surface area (Å²) in [5.74, 6) is 0. The first-order valence-corrected chi connectivity index (χ1v) is 6.81. The molecule has 1 aliphatic rings. The monoisotopic (exact) mass is 251 g/mol. The van der Waals surface area contributed by atoms with Crippen molar-refractivity contribution < 1.29 is 0 Å². The molecule has 0 amide bonds. The van der Waals surface area contributed by atoms with Crippen LogP contribution in [-0.2, 0) is 0 Å². The van der Waals surface area contributed by atoms with Gasteiger partial charge in [-0.2, -0.15) is 0 Å². The molecule has 17 heavy (non-hydrogen) atoms. The van der Waals surface area contributed by atoms with Crippen LogP contribution in [0.2, 0.25) is 5.02 Å². The lowest BCUT2D eigenvalue weighted by atomic mass is 9.96. The van der Waals surface area contributed by atoms with Crippen LogP contribution >= 0.6 is 11.6 Å². The quantitative estimate of drug-likeness (QED) is 0.706. The number of hydrogen-bond donors (Lipinski definition) is 0. The van der Waals surface area contributed by atoms with E-state index in [1.807, 2.05) is 12.1 Å². The highest BCUT2D eigenvalue weighted by atomic mass is 35.5. The van der Waals surface area contributed by atoms with Crippen molar-refractivity contribution in [2.45, 2.75) is 52.1 Å². The van der Waals surface area contributed by atoms with Gasteiger partial charge in [0.05, 0.1) is 0 Å². The Kier molecular flexibility index (Phi) is 3.51. The molecule has 94 valence electrons. The minimum absolute atomic E-state index is 0.215. The number of hydrogen-bond acceptors (Lipinski definition) is 1. The van der Waals surface area contributed by atoms with Gasteiger partial charge in [-0.1, -0.05) is 23.7 Å². The fourth-order valence-corrected chi connectivity index (χ4v) is 3.28. The van der Waals surface area contributed by atoms with E-state index in [0.29, 0.717) is 6.04 Å². The first kappa shape index (κ1) is 12.9. The van der Waals surface area contributed by atoms with Crippen molar-refractivity contribution in [1.82, 2.24) is 4.90 Å². The van der Waals surface area contributed by atoms with Gasteiger partial charge >= 0.3 is 0 Å². The first-order valence-electron chi connectivity index (χ1n) is 6.43. The molecule has 1 nitrogen and oxygen atoms in total. The Morgan fingerprint density at radius 2 is 2.00 bits per heavy atom. The van der Waals surface area contributed by atoms with Gasteiger partial charge in [0, 0.05) is 16.6 Å². The topological polar surface area (TPSA) is 3.24 Å². The van der Waals surface area contributed by atoms with Crippen LogP contribution in [0.25, 0.3) is 0 Å². The van der Waals surface area contributed by atoms with E-state index < -0.39 is 0 Å². The smallest absolute Gasteiger partial charge is 0.0456 e. The molecule has 0 N–H and O–H groups in total. The van der Waals surface area contributed by atoms with E-state index in [1.165, 1.54) is 30.5 Å². The van der Waals surface area contributed by atoms with Crippen LogP contribution in [0.4, 0.5) is 0 Å². The van der Waals surface area contributed by atoms with Gasteiger partial charge in [0.2, 0.25) is 0 Å². The van der Waals surface area contributed by atoms with Gasteiger partial charge in [-0.25, -0.2) is 0 Å². The molecule has 2 heteroatoms. The molecule has 1 heterocycles. The lowest BCUT2D eigenvalue weighted by Gasteiger charge is -2.38. The lowest BCUT2D eigenvalue weighted by Crippen LogP contribution is -2.40.